The van der Waals surface area contributed by atoms with Gasteiger partial charge in [-0.05, 0) is 37.8 Å². The molecular weight excluding hydrogens is 184 g/mol. The van der Waals surface area contributed by atoms with Crippen LogP contribution in [0.25, 0.3) is 0 Å². The van der Waals surface area contributed by atoms with E-state index >= 15 is 0 Å². The summed E-state index contributed by atoms with van der Waals surface area (Å²) in [5, 5.41) is 0. The molecule has 1 fully saturated rings. The average Bonchev–Trinajstić information content (AvgIpc) is 2.85. The quantitative estimate of drug-likeness (QED) is 0.792. The molecule has 1 heterocycles. The van der Waals surface area contributed by atoms with Crippen LogP contribution in [0.4, 0.5) is 0 Å². The predicted octanol–water partition coefficient (Wildman–Crippen LogP) is 2.22. The zero-order valence-electron chi connectivity index (χ0n) is 7.73. The summed E-state index contributed by atoms with van der Waals surface area (Å²) in [6, 6.07) is 6.23. The Labute approximate surface area is 85.0 Å². The first kappa shape index (κ1) is 10.5. The highest BCUT2D eigenvalue weighted by atomic mass is 35.5. The van der Waals surface area contributed by atoms with Crippen LogP contribution in [0.3, 0.4) is 0 Å². The van der Waals surface area contributed by atoms with Crippen molar-refractivity contribution >= 4 is 12.4 Å². The fourth-order valence-electron chi connectivity index (χ4n) is 1.45. The number of pyridine rings is 1. The molecule has 2 N–H and O–H groups in total. The summed E-state index contributed by atoms with van der Waals surface area (Å²) >= 11 is 0. The normalized spacial score (nSPS) is 17.7. The third kappa shape index (κ3) is 2.42. The second-order valence-electron chi connectivity index (χ2n) is 3.57. The lowest BCUT2D eigenvalue weighted by Crippen LogP contribution is -2.14. The number of hydrogen-bond donors (Lipinski definition) is 1. The molecule has 0 bridgehead atoms. The summed E-state index contributed by atoms with van der Waals surface area (Å²) in [6.45, 7) is 2.00. The molecule has 0 amide bonds. The molecule has 1 unspecified atom stereocenters. The molecular formula is C10H15ClN2. The zero-order chi connectivity index (χ0) is 8.55. The van der Waals surface area contributed by atoms with Crippen LogP contribution in [0.5, 0.6) is 0 Å². The van der Waals surface area contributed by atoms with E-state index in [9.17, 15) is 0 Å². The third-order valence-electron chi connectivity index (χ3n) is 2.38. The van der Waals surface area contributed by atoms with Crippen molar-refractivity contribution in [3.05, 3.63) is 29.6 Å². The molecule has 3 heteroatoms. The van der Waals surface area contributed by atoms with Gasteiger partial charge in [0.05, 0.1) is 5.69 Å². The van der Waals surface area contributed by atoms with Gasteiger partial charge < -0.3 is 5.73 Å². The number of nitrogens with zero attached hydrogens (tertiary/aromatic N) is 1. The highest BCUT2D eigenvalue weighted by Gasteiger charge is 2.30. The van der Waals surface area contributed by atoms with Gasteiger partial charge in [-0.3, -0.25) is 4.98 Å². The minimum Gasteiger partial charge on any atom is -0.322 e. The molecule has 0 spiro atoms. The summed E-state index contributed by atoms with van der Waals surface area (Å²) in [5.41, 5.74) is 8.12. The van der Waals surface area contributed by atoms with Crippen molar-refractivity contribution in [2.45, 2.75) is 25.8 Å². The number of aryl methyl sites for hydroxylation is 1. The van der Waals surface area contributed by atoms with Gasteiger partial charge in [-0.15, -0.1) is 12.4 Å². The molecule has 13 heavy (non-hydrogen) atoms. The van der Waals surface area contributed by atoms with E-state index in [0.717, 1.165) is 11.4 Å². The Balaban J connectivity index is 0.000000845. The molecule has 1 saturated carbocycles. The molecule has 2 nitrogen and oxygen atoms in total. The molecule has 0 aromatic carbocycles. The van der Waals surface area contributed by atoms with Crippen LogP contribution < -0.4 is 5.73 Å². The summed E-state index contributed by atoms with van der Waals surface area (Å²) in [6.07, 6.45) is 2.55. The Hall–Kier alpha value is -0.600. The summed E-state index contributed by atoms with van der Waals surface area (Å²) in [5.74, 6) is 0.694. The van der Waals surface area contributed by atoms with Gasteiger partial charge in [0.25, 0.3) is 0 Å². The van der Waals surface area contributed by atoms with E-state index in [4.69, 9.17) is 5.73 Å². The van der Waals surface area contributed by atoms with E-state index in [0.29, 0.717) is 5.92 Å². The monoisotopic (exact) mass is 198 g/mol. The van der Waals surface area contributed by atoms with Crippen LogP contribution in [0.2, 0.25) is 0 Å². The smallest absolute Gasteiger partial charge is 0.0577 e. The van der Waals surface area contributed by atoms with E-state index in [-0.39, 0.29) is 18.4 Å². The lowest BCUT2D eigenvalue weighted by atomic mass is 10.1. The van der Waals surface area contributed by atoms with Gasteiger partial charge >= 0.3 is 0 Å². The van der Waals surface area contributed by atoms with Gasteiger partial charge in [-0.2, -0.15) is 0 Å². The number of aromatic nitrogens is 1. The van der Waals surface area contributed by atoms with Crippen LogP contribution >= 0.6 is 12.4 Å². The molecule has 0 aliphatic heterocycles. The van der Waals surface area contributed by atoms with Crippen LogP contribution in [0, 0.1) is 12.8 Å². The highest BCUT2D eigenvalue weighted by molar-refractivity contribution is 5.85. The van der Waals surface area contributed by atoms with Gasteiger partial charge in [0, 0.05) is 11.7 Å². The van der Waals surface area contributed by atoms with Crippen molar-refractivity contribution in [3.63, 3.8) is 0 Å². The third-order valence-corrected chi connectivity index (χ3v) is 2.38. The van der Waals surface area contributed by atoms with Gasteiger partial charge in [0.15, 0.2) is 0 Å². The van der Waals surface area contributed by atoms with Crippen LogP contribution in [0.1, 0.15) is 30.3 Å². The van der Waals surface area contributed by atoms with E-state index < -0.39 is 0 Å². The summed E-state index contributed by atoms with van der Waals surface area (Å²) < 4.78 is 0. The molecule has 1 aliphatic rings. The maximum absolute atomic E-state index is 6.01. The van der Waals surface area contributed by atoms with E-state index in [1.54, 1.807) is 0 Å². The first-order valence-electron chi connectivity index (χ1n) is 4.46. The Bertz CT molecular complexity index is 284. The Morgan fingerprint density at radius 2 is 2.15 bits per heavy atom. The van der Waals surface area contributed by atoms with Gasteiger partial charge in [-0.25, -0.2) is 0 Å². The lowest BCUT2D eigenvalue weighted by Gasteiger charge is -2.09. The van der Waals surface area contributed by atoms with Crippen molar-refractivity contribution < 1.29 is 0 Å². The maximum atomic E-state index is 6.01. The van der Waals surface area contributed by atoms with Gasteiger partial charge in [0.2, 0.25) is 0 Å². The zero-order valence-corrected chi connectivity index (χ0v) is 8.55. The maximum Gasteiger partial charge on any atom is 0.0577 e. The van der Waals surface area contributed by atoms with E-state index in [1.165, 1.54) is 12.8 Å². The average molecular weight is 199 g/mol. The van der Waals surface area contributed by atoms with Crippen LogP contribution in [-0.2, 0) is 0 Å². The first-order valence-corrected chi connectivity index (χ1v) is 4.46. The molecule has 2 rings (SSSR count). The summed E-state index contributed by atoms with van der Waals surface area (Å²) in [7, 11) is 0. The number of halogens is 1. The minimum absolute atomic E-state index is 0. The molecule has 0 saturated heterocycles. The number of hydrogen-bond acceptors (Lipinski definition) is 2. The minimum atomic E-state index is 0. The second kappa shape index (κ2) is 4.07. The predicted molar refractivity (Wildman–Crippen MR) is 55.9 cm³/mol. The van der Waals surface area contributed by atoms with Gasteiger partial charge in [0.1, 0.15) is 0 Å². The van der Waals surface area contributed by atoms with Gasteiger partial charge in [-0.1, -0.05) is 6.07 Å². The Morgan fingerprint density at radius 1 is 1.46 bits per heavy atom. The lowest BCUT2D eigenvalue weighted by molar-refractivity contribution is 0.613. The molecule has 1 atom stereocenters. The Kier molecular flexibility index (Phi) is 3.28. The molecule has 72 valence electrons. The fraction of sp³-hybridized carbons (Fsp3) is 0.500. The standard InChI is InChI=1S/C10H14N2.ClH/c1-7-3-2-4-9(12-7)10(11)8-5-6-8;/h2-4,8,10H,5-6,11H2,1H3;1H. The van der Waals surface area contributed by atoms with Crippen molar-refractivity contribution in [2.24, 2.45) is 11.7 Å². The van der Waals surface area contributed by atoms with Crippen molar-refractivity contribution in [2.75, 3.05) is 0 Å². The van der Waals surface area contributed by atoms with Crippen molar-refractivity contribution in [1.29, 1.82) is 0 Å². The second-order valence-corrected chi connectivity index (χ2v) is 3.57. The van der Waals surface area contributed by atoms with Crippen LogP contribution in [-0.4, -0.2) is 4.98 Å². The largest absolute Gasteiger partial charge is 0.322 e. The molecule has 1 aliphatic carbocycles. The van der Waals surface area contributed by atoms with Crippen LogP contribution in [0.15, 0.2) is 18.2 Å². The Morgan fingerprint density at radius 3 is 2.69 bits per heavy atom. The number of nitrogens with two attached hydrogens (primary N) is 1. The fourth-order valence-corrected chi connectivity index (χ4v) is 1.45. The van der Waals surface area contributed by atoms with Crippen molar-refractivity contribution in [3.8, 4) is 0 Å². The highest BCUT2D eigenvalue weighted by Crippen LogP contribution is 2.38. The van der Waals surface area contributed by atoms with E-state index in [2.05, 4.69) is 4.98 Å². The molecule has 1 aromatic rings. The topological polar surface area (TPSA) is 38.9 Å². The SMILES string of the molecule is Cc1cccc(C(N)C2CC2)n1.Cl. The number of rotatable bonds is 2. The van der Waals surface area contributed by atoms with E-state index in [1.807, 2.05) is 25.1 Å². The summed E-state index contributed by atoms with van der Waals surface area (Å²) in [4.78, 5) is 4.41. The first-order chi connectivity index (χ1) is 5.77. The molecule has 1 aromatic heterocycles. The van der Waals surface area contributed by atoms with Crippen molar-refractivity contribution in [1.82, 2.24) is 4.98 Å². The molecule has 0 radical (unpaired) electrons.